The lowest BCUT2D eigenvalue weighted by molar-refractivity contribution is 0.895. The summed E-state index contributed by atoms with van der Waals surface area (Å²) in [7, 11) is -0.411. The number of unbranched alkanes of at least 4 members (excludes halogenated alkanes) is 1. The highest BCUT2D eigenvalue weighted by Crippen LogP contribution is 2.36. The van der Waals surface area contributed by atoms with Gasteiger partial charge >= 0.3 is 0 Å². The van der Waals surface area contributed by atoms with Gasteiger partial charge in [0.25, 0.3) is 0 Å². The maximum Gasteiger partial charge on any atom is 0.115 e. The summed E-state index contributed by atoms with van der Waals surface area (Å²) < 4.78 is 0.680. The van der Waals surface area contributed by atoms with Crippen LogP contribution in [0.3, 0.4) is 0 Å². The molecule has 0 saturated heterocycles. The summed E-state index contributed by atoms with van der Waals surface area (Å²) >= 11 is 5.12. The summed E-state index contributed by atoms with van der Waals surface area (Å²) in [6.07, 6.45) is 2.41. The fourth-order valence-electron chi connectivity index (χ4n) is 1.29. The zero-order valence-corrected chi connectivity index (χ0v) is 10.2. The SMILES string of the molecule is CCCC[SH](C(N)=S)c1ccccc1. The summed E-state index contributed by atoms with van der Waals surface area (Å²) in [5, 5.41) is 0. The van der Waals surface area contributed by atoms with Crippen molar-refractivity contribution in [2.45, 2.75) is 24.7 Å². The van der Waals surface area contributed by atoms with Crippen molar-refractivity contribution >= 4 is 27.4 Å². The highest BCUT2D eigenvalue weighted by molar-refractivity contribution is 8.36. The fourth-order valence-corrected chi connectivity index (χ4v) is 3.78. The van der Waals surface area contributed by atoms with Crippen molar-refractivity contribution in [1.82, 2.24) is 0 Å². The third-order valence-corrected chi connectivity index (χ3v) is 4.95. The van der Waals surface area contributed by atoms with Crippen LogP contribution < -0.4 is 5.73 Å². The van der Waals surface area contributed by atoms with Gasteiger partial charge in [0.2, 0.25) is 0 Å². The second kappa shape index (κ2) is 6.04. The lowest BCUT2D eigenvalue weighted by Crippen LogP contribution is -2.11. The van der Waals surface area contributed by atoms with E-state index in [0.29, 0.717) is 4.32 Å². The highest BCUT2D eigenvalue weighted by atomic mass is 32.2. The fraction of sp³-hybridized carbons (Fsp3) is 0.364. The van der Waals surface area contributed by atoms with E-state index in [9.17, 15) is 0 Å². The Morgan fingerprint density at radius 2 is 2.00 bits per heavy atom. The van der Waals surface area contributed by atoms with E-state index in [2.05, 4.69) is 31.2 Å². The van der Waals surface area contributed by atoms with Crippen LogP contribution in [0.5, 0.6) is 0 Å². The first kappa shape index (κ1) is 11.5. The van der Waals surface area contributed by atoms with E-state index in [1.165, 1.54) is 17.7 Å². The van der Waals surface area contributed by atoms with Gasteiger partial charge in [0.05, 0.1) is 0 Å². The lowest BCUT2D eigenvalue weighted by Gasteiger charge is -2.19. The first-order valence-corrected chi connectivity index (χ1v) is 6.81. The zero-order chi connectivity index (χ0) is 10.4. The molecule has 0 saturated carbocycles. The molecule has 14 heavy (non-hydrogen) atoms. The van der Waals surface area contributed by atoms with Crippen LogP contribution in [-0.4, -0.2) is 10.1 Å². The average molecular weight is 227 g/mol. The zero-order valence-electron chi connectivity index (χ0n) is 8.44. The molecule has 1 aromatic carbocycles. The predicted octanol–water partition coefficient (Wildman–Crippen LogP) is 3.09. The minimum absolute atomic E-state index is 0.411. The van der Waals surface area contributed by atoms with Crippen LogP contribution in [0.2, 0.25) is 0 Å². The van der Waals surface area contributed by atoms with E-state index >= 15 is 0 Å². The molecule has 2 N–H and O–H groups in total. The van der Waals surface area contributed by atoms with Gasteiger partial charge in [-0.1, -0.05) is 43.8 Å². The number of benzene rings is 1. The number of rotatable bonds is 4. The molecule has 78 valence electrons. The standard InChI is InChI=1S/C11H17NS2/c1-2-3-9-14(11(12)13)10-7-5-4-6-8-10/h4-8,14H,2-3,9H2,1H3,(H2,12,13). The predicted molar refractivity (Wildman–Crippen MR) is 70.3 cm³/mol. The molecular weight excluding hydrogens is 210 g/mol. The summed E-state index contributed by atoms with van der Waals surface area (Å²) in [5.41, 5.74) is 5.77. The van der Waals surface area contributed by atoms with Crippen molar-refractivity contribution in [3.8, 4) is 0 Å². The van der Waals surface area contributed by atoms with Crippen molar-refractivity contribution in [2.75, 3.05) is 5.75 Å². The molecule has 0 fully saturated rings. The highest BCUT2D eigenvalue weighted by Gasteiger charge is 2.08. The second-order valence-corrected chi connectivity index (χ2v) is 6.22. The van der Waals surface area contributed by atoms with E-state index in [0.717, 1.165) is 5.75 Å². The third-order valence-electron chi connectivity index (χ3n) is 2.07. The van der Waals surface area contributed by atoms with Crippen LogP contribution in [0.1, 0.15) is 19.8 Å². The lowest BCUT2D eigenvalue weighted by atomic mass is 10.4. The average Bonchev–Trinajstić information content (AvgIpc) is 2.19. The largest absolute Gasteiger partial charge is 0.386 e. The summed E-state index contributed by atoms with van der Waals surface area (Å²) in [6, 6.07) is 10.4. The Hall–Kier alpha value is -0.540. The quantitative estimate of drug-likeness (QED) is 0.610. The van der Waals surface area contributed by atoms with E-state index in [-0.39, 0.29) is 0 Å². The molecule has 0 amide bonds. The minimum atomic E-state index is -0.411. The van der Waals surface area contributed by atoms with Crippen molar-refractivity contribution < 1.29 is 0 Å². The molecule has 1 atom stereocenters. The first-order chi connectivity index (χ1) is 6.75. The van der Waals surface area contributed by atoms with Crippen LogP contribution in [-0.2, 0) is 0 Å². The molecule has 0 heterocycles. The second-order valence-electron chi connectivity index (χ2n) is 3.18. The molecule has 1 nitrogen and oxygen atoms in total. The maximum atomic E-state index is 5.77. The van der Waals surface area contributed by atoms with Gasteiger partial charge in [-0.25, -0.2) is 0 Å². The third kappa shape index (κ3) is 3.31. The minimum Gasteiger partial charge on any atom is -0.386 e. The van der Waals surface area contributed by atoms with E-state index in [1.807, 2.05) is 6.07 Å². The van der Waals surface area contributed by atoms with Crippen LogP contribution in [0.25, 0.3) is 0 Å². The molecule has 1 aromatic rings. The molecule has 0 radical (unpaired) electrons. The number of thiol groups is 1. The van der Waals surface area contributed by atoms with Gasteiger partial charge in [-0.05, 0) is 29.2 Å². The Morgan fingerprint density at radius 3 is 2.50 bits per heavy atom. The molecule has 0 aliphatic heterocycles. The first-order valence-electron chi connectivity index (χ1n) is 4.87. The normalized spacial score (nSPS) is 13.6. The van der Waals surface area contributed by atoms with Crippen LogP contribution in [0.4, 0.5) is 0 Å². The Kier molecular flexibility index (Phi) is 4.98. The van der Waals surface area contributed by atoms with Gasteiger partial charge in [0.1, 0.15) is 4.32 Å². The van der Waals surface area contributed by atoms with Crippen molar-refractivity contribution in [2.24, 2.45) is 5.73 Å². The molecule has 0 aromatic heterocycles. The van der Waals surface area contributed by atoms with E-state index in [4.69, 9.17) is 18.0 Å². The van der Waals surface area contributed by atoms with Crippen LogP contribution >= 0.6 is 23.1 Å². The molecule has 0 aliphatic rings. The molecule has 1 rings (SSSR count). The van der Waals surface area contributed by atoms with Gasteiger partial charge in [0, 0.05) is 0 Å². The van der Waals surface area contributed by atoms with E-state index < -0.39 is 10.9 Å². The van der Waals surface area contributed by atoms with Crippen LogP contribution in [0.15, 0.2) is 35.2 Å². The number of thiocarbonyl (C=S) groups is 1. The van der Waals surface area contributed by atoms with Gasteiger partial charge in [-0.15, -0.1) is 0 Å². The summed E-state index contributed by atoms with van der Waals surface area (Å²) in [4.78, 5) is 1.31. The van der Waals surface area contributed by atoms with E-state index in [1.54, 1.807) is 0 Å². The van der Waals surface area contributed by atoms with Gasteiger partial charge in [0.15, 0.2) is 0 Å². The molecule has 1 unspecified atom stereocenters. The Balaban J connectivity index is 2.73. The molecule has 0 aliphatic carbocycles. The van der Waals surface area contributed by atoms with Crippen molar-refractivity contribution in [3.63, 3.8) is 0 Å². The monoisotopic (exact) mass is 227 g/mol. The Bertz CT molecular complexity index is 285. The van der Waals surface area contributed by atoms with Crippen molar-refractivity contribution in [1.29, 1.82) is 0 Å². The van der Waals surface area contributed by atoms with Gasteiger partial charge in [-0.3, -0.25) is 0 Å². The summed E-state index contributed by atoms with van der Waals surface area (Å²) in [5.74, 6) is 1.13. The van der Waals surface area contributed by atoms with Gasteiger partial charge in [-0.2, -0.15) is 10.9 Å². The topological polar surface area (TPSA) is 26.0 Å². The summed E-state index contributed by atoms with van der Waals surface area (Å²) in [6.45, 7) is 2.19. The van der Waals surface area contributed by atoms with Crippen molar-refractivity contribution in [3.05, 3.63) is 30.3 Å². The number of hydrogen-bond donors (Lipinski definition) is 2. The number of nitrogens with two attached hydrogens (primary N) is 1. The molecule has 0 spiro atoms. The molecular formula is C11H17NS2. The van der Waals surface area contributed by atoms with Crippen LogP contribution in [0, 0.1) is 0 Å². The Morgan fingerprint density at radius 1 is 1.36 bits per heavy atom. The van der Waals surface area contributed by atoms with Gasteiger partial charge < -0.3 is 5.73 Å². The maximum absolute atomic E-state index is 5.77. The Labute approximate surface area is 94.0 Å². The smallest absolute Gasteiger partial charge is 0.115 e. The molecule has 0 bridgehead atoms. The molecule has 3 heteroatoms. The number of hydrogen-bond acceptors (Lipinski definition) is 1.